The lowest BCUT2D eigenvalue weighted by Gasteiger charge is -2.08. The van der Waals surface area contributed by atoms with Crippen molar-refractivity contribution in [2.75, 3.05) is 6.54 Å². The van der Waals surface area contributed by atoms with Gasteiger partial charge in [0.2, 0.25) is 5.91 Å². The summed E-state index contributed by atoms with van der Waals surface area (Å²) in [6.07, 6.45) is 1.99. The van der Waals surface area contributed by atoms with Crippen molar-refractivity contribution in [1.82, 2.24) is 26.1 Å². The zero-order chi connectivity index (χ0) is 23.8. The van der Waals surface area contributed by atoms with E-state index in [-0.39, 0.29) is 24.0 Å². The van der Waals surface area contributed by atoms with E-state index in [2.05, 4.69) is 26.1 Å². The Hall–Kier alpha value is -4.05. The number of amides is 3. The molecule has 0 radical (unpaired) electrons. The first-order chi connectivity index (χ1) is 16.6. The highest BCUT2D eigenvalue weighted by molar-refractivity contribution is 7.98. The maximum Gasteiger partial charge on any atom is 0.286 e. The second-order valence-electron chi connectivity index (χ2n) is 7.38. The van der Waals surface area contributed by atoms with Crippen LogP contribution in [0.4, 0.5) is 0 Å². The zero-order valence-corrected chi connectivity index (χ0v) is 19.0. The topological polar surface area (TPSA) is 129 Å². The van der Waals surface area contributed by atoms with E-state index >= 15 is 0 Å². The van der Waals surface area contributed by atoms with Crippen LogP contribution in [-0.4, -0.2) is 34.2 Å². The predicted molar refractivity (Wildman–Crippen MR) is 128 cm³/mol. The van der Waals surface area contributed by atoms with Gasteiger partial charge in [0, 0.05) is 24.3 Å². The summed E-state index contributed by atoms with van der Waals surface area (Å²) in [6, 6.07) is 18.2. The lowest BCUT2D eigenvalue weighted by Crippen LogP contribution is -2.41. The summed E-state index contributed by atoms with van der Waals surface area (Å²) in [7, 11) is 0. The van der Waals surface area contributed by atoms with E-state index in [0.29, 0.717) is 24.3 Å². The molecule has 10 heteroatoms. The van der Waals surface area contributed by atoms with Gasteiger partial charge in [0.05, 0.1) is 17.3 Å². The Bertz CT molecular complexity index is 1240. The fourth-order valence-electron chi connectivity index (χ4n) is 3.11. The van der Waals surface area contributed by atoms with Gasteiger partial charge in [-0.25, -0.2) is 4.98 Å². The number of carbonyl (C=O) groups excluding carboxylic acids is 3. The van der Waals surface area contributed by atoms with Crippen LogP contribution < -0.4 is 16.2 Å². The highest BCUT2D eigenvalue weighted by Crippen LogP contribution is 2.23. The number of hydrogen-bond acceptors (Lipinski definition) is 6. The van der Waals surface area contributed by atoms with Gasteiger partial charge in [0.1, 0.15) is 0 Å². The number of hydrogen-bond donors (Lipinski definition) is 4. The van der Waals surface area contributed by atoms with Gasteiger partial charge in [-0.3, -0.25) is 25.2 Å². The molecule has 0 fully saturated rings. The first-order valence-corrected chi connectivity index (χ1v) is 11.6. The fourth-order valence-corrected chi connectivity index (χ4v) is 3.95. The Morgan fingerprint density at radius 2 is 1.76 bits per heavy atom. The summed E-state index contributed by atoms with van der Waals surface area (Å²) in [6.45, 7) is 0.314. The molecule has 2 aromatic carbocycles. The Balaban J connectivity index is 1.15. The molecule has 2 aromatic heterocycles. The Kier molecular flexibility index (Phi) is 7.61. The number of aromatic amines is 1. The number of hydrazine groups is 1. The van der Waals surface area contributed by atoms with Crippen LogP contribution in [0.1, 0.15) is 39.3 Å². The minimum Gasteiger partial charge on any atom is -0.459 e. The largest absolute Gasteiger partial charge is 0.459 e. The van der Waals surface area contributed by atoms with Crippen LogP contribution in [0.2, 0.25) is 0 Å². The third-order valence-electron chi connectivity index (χ3n) is 4.89. The first kappa shape index (κ1) is 23.1. The van der Waals surface area contributed by atoms with Crippen molar-refractivity contribution in [3.63, 3.8) is 0 Å². The molecule has 4 N–H and O–H groups in total. The van der Waals surface area contributed by atoms with E-state index < -0.39 is 5.91 Å². The van der Waals surface area contributed by atoms with Gasteiger partial charge in [0.15, 0.2) is 10.9 Å². The molecule has 174 valence electrons. The van der Waals surface area contributed by atoms with Crippen LogP contribution in [-0.2, 0) is 10.5 Å². The number of imidazole rings is 1. The van der Waals surface area contributed by atoms with Crippen molar-refractivity contribution >= 4 is 40.5 Å². The molecule has 3 amide bonds. The molecule has 0 spiro atoms. The third kappa shape index (κ3) is 6.26. The minimum atomic E-state index is -0.407. The molecular formula is C24H23N5O4S. The van der Waals surface area contributed by atoms with Crippen LogP contribution in [0.3, 0.4) is 0 Å². The summed E-state index contributed by atoms with van der Waals surface area (Å²) in [5, 5.41) is 3.50. The highest BCUT2D eigenvalue weighted by Gasteiger charge is 2.10. The molecule has 0 atom stereocenters. The van der Waals surface area contributed by atoms with Crippen molar-refractivity contribution in [1.29, 1.82) is 0 Å². The van der Waals surface area contributed by atoms with E-state index in [9.17, 15) is 14.4 Å². The normalized spacial score (nSPS) is 10.7. The Labute approximate surface area is 199 Å². The Morgan fingerprint density at radius 1 is 0.941 bits per heavy atom. The second kappa shape index (κ2) is 11.2. The average Bonchev–Trinajstić information content (AvgIpc) is 3.54. The van der Waals surface area contributed by atoms with Gasteiger partial charge in [-0.1, -0.05) is 36.0 Å². The first-order valence-electron chi connectivity index (χ1n) is 10.7. The molecule has 0 aliphatic heterocycles. The lowest BCUT2D eigenvalue weighted by molar-refractivity contribution is -0.121. The number of furan rings is 1. The second-order valence-corrected chi connectivity index (χ2v) is 8.35. The van der Waals surface area contributed by atoms with E-state index in [0.717, 1.165) is 21.8 Å². The molecule has 9 nitrogen and oxygen atoms in total. The molecule has 0 saturated carbocycles. The molecule has 0 bridgehead atoms. The summed E-state index contributed by atoms with van der Waals surface area (Å²) in [5.41, 5.74) is 8.19. The minimum absolute atomic E-state index is 0.149. The molecule has 0 saturated heterocycles. The standard InChI is InChI=1S/C24H23N5O4S/c30-21(8-3-13-25-23(32)20-7-4-14-33-20)28-29-22(31)17-11-9-16(10-12-17)15-34-24-26-18-5-1-2-6-19(18)27-24/h1-2,4-7,9-12,14H,3,8,13,15H2,(H,25,32)(H,26,27)(H,28,30)(H,29,31). The molecule has 2 heterocycles. The molecule has 0 aliphatic carbocycles. The van der Waals surface area contributed by atoms with Gasteiger partial charge in [-0.2, -0.15) is 0 Å². The van der Waals surface area contributed by atoms with Gasteiger partial charge >= 0.3 is 0 Å². The lowest BCUT2D eigenvalue weighted by atomic mass is 10.1. The van der Waals surface area contributed by atoms with E-state index in [1.807, 2.05) is 36.4 Å². The SMILES string of the molecule is O=C(CCCNC(=O)c1ccco1)NNC(=O)c1ccc(CSc2nc3ccccc3[nH]2)cc1. The summed E-state index contributed by atoms with van der Waals surface area (Å²) in [5.74, 6) is -0.168. The van der Waals surface area contributed by atoms with E-state index in [1.54, 1.807) is 36.0 Å². The Morgan fingerprint density at radius 3 is 2.53 bits per heavy atom. The van der Waals surface area contributed by atoms with Crippen LogP contribution in [0.5, 0.6) is 0 Å². The van der Waals surface area contributed by atoms with Crippen molar-refractivity contribution < 1.29 is 18.8 Å². The number of rotatable bonds is 9. The third-order valence-corrected chi connectivity index (χ3v) is 5.83. The van der Waals surface area contributed by atoms with Gasteiger partial charge in [-0.15, -0.1) is 0 Å². The molecule has 0 aliphatic rings. The number of para-hydroxylation sites is 2. The van der Waals surface area contributed by atoms with Gasteiger partial charge in [-0.05, 0) is 48.4 Å². The smallest absolute Gasteiger partial charge is 0.286 e. The molecule has 4 aromatic rings. The fraction of sp³-hybridized carbons (Fsp3) is 0.167. The summed E-state index contributed by atoms with van der Waals surface area (Å²) >= 11 is 1.58. The highest BCUT2D eigenvalue weighted by atomic mass is 32.2. The summed E-state index contributed by atoms with van der Waals surface area (Å²) in [4.78, 5) is 43.7. The van der Waals surface area contributed by atoms with E-state index in [1.165, 1.54) is 6.26 Å². The van der Waals surface area contributed by atoms with Crippen molar-refractivity contribution in [2.24, 2.45) is 0 Å². The van der Waals surface area contributed by atoms with Crippen molar-refractivity contribution in [3.8, 4) is 0 Å². The van der Waals surface area contributed by atoms with Gasteiger partial charge in [0.25, 0.3) is 11.8 Å². The average molecular weight is 478 g/mol. The summed E-state index contributed by atoms with van der Waals surface area (Å²) < 4.78 is 4.99. The molecule has 34 heavy (non-hydrogen) atoms. The maximum atomic E-state index is 12.3. The van der Waals surface area contributed by atoms with Crippen LogP contribution in [0.15, 0.2) is 76.5 Å². The molecular weight excluding hydrogens is 454 g/mol. The number of aromatic nitrogens is 2. The number of nitrogens with zero attached hydrogens (tertiary/aromatic N) is 1. The number of fused-ring (bicyclic) bond motifs is 1. The zero-order valence-electron chi connectivity index (χ0n) is 18.2. The number of benzene rings is 2. The van der Waals surface area contributed by atoms with E-state index in [4.69, 9.17) is 4.42 Å². The van der Waals surface area contributed by atoms with Crippen LogP contribution in [0.25, 0.3) is 11.0 Å². The number of nitrogens with one attached hydrogen (secondary N) is 4. The van der Waals surface area contributed by atoms with Gasteiger partial charge < -0.3 is 14.7 Å². The number of thioether (sulfide) groups is 1. The molecule has 0 unspecified atom stereocenters. The number of H-pyrrole nitrogens is 1. The quantitative estimate of drug-likeness (QED) is 0.166. The molecule has 4 rings (SSSR count). The number of carbonyl (C=O) groups is 3. The van der Waals surface area contributed by atoms with Crippen molar-refractivity contribution in [3.05, 3.63) is 83.8 Å². The maximum absolute atomic E-state index is 12.3. The van der Waals surface area contributed by atoms with Crippen molar-refractivity contribution in [2.45, 2.75) is 23.8 Å². The monoisotopic (exact) mass is 477 g/mol. The predicted octanol–water partition coefficient (Wildman–Crippen LogP) is 3.42. The van der Waals surface area contributed by atoms with Crippen LogP contribution in [0, 0.1) is 0 Å². The van der Waals surface area contributed by atoms with Crippen LogP contribution >= 0.6 is 11.8 Å².